The second-order valence-corrected chi connectivity index (χ2v) is 7.57. The van der Waals surface area contributed by atoms with Crippen molar-refractivity contribution in [3.63, 3.8) is 0 Å². The molecule has 0 bridgehead atoms. The van der Waals surface area contributed by atoms with Crippen molar-refractivity contribution in [3.05, 3.63) is 40.7 Å². The first kappa shape index (κ1) is 23.6. The number of fused-ring (bicyclic) bond motifs is 1. The van der Waals surface area contributed by atoms with Crippen LogP contribution >= 0.6 is 11.6 Å². The highest BCUT2D eigenvalue weighted by molar-refractivity contribution is 6.34. The third kappa shape index (κ3) is 4.73. The first-order chi connectivity index (χ1) is 15.1. The second kappa shape index (κ2) is 9.21. The van der Waals surface area contributed by atoms with Gasteiger partial charge in [-0.3, -0.25) is 4.79 Å². The Bertz CT molecular complexity index is 1150. The van der Waals surface area contributed by atoms with Crippen LogP contribution in [0.2, 0.25) is 5.02 Å². The van der Waals surface area contributed by atoms with E-state index in [2.05, 4.69) is 25.9 Å². The van der Waals surface area contributed by atoms with Crippen LogP contribution < -0.4 is 16.0 Å². The Balaban J connectivity index is 1.96. The number of halogens is 4. The van der Waals surface area contributed by atoms with Gasteiger partial charge in [-0.05, 0) is 19.2 Å². The van der Waals surface area contributed by atoms with Crippen LogP contribution in [0.3, 0.4) is 0 Å². The third-order valence-corrected chi connectivity index (χ3v) is 5.24. The normalized spacial score (nSPS) is 11.6. The predicted molar refractivity (Wildman–Crippen MR) is 119 cm³/mol. The zero-order valence-corrected chi connectivity index (χ0v) is 18.7. The average molecular weight is 470 g/mol. The molecule has 0 fully saturated rings. The Morgan fingerprint density at radius 1 is 1.28 bits per heavy atom. The molecule has 0 spiro atoms. The molecular weight excluding hydrogens is 447 g/mol. The van der Waals surface area contributed by atoms with Gasteiger partial charge in [0.15, 0.2) is 0 Å². The summed E-state index contributed by atoms with van der Waals surface area (Å²) in [4.78, 5) is 22.1. The van der Waals surface area contributed by atoms with E-state index >= 15 is 0 Å². The van der Waals surface area contributed by atoms with Crippen molar-refractivity contribution >= 4 is 45.9 Å². The molecule has 0 aliphatic rings. The summed E-state index contributed by atoms with van der Waals surface area (Å²) in [5.41, 5.74) is 0.630. The fourth-order valence-corrected chi connectivity index (χ4v) is 3.43. The lowest BCUT2D eigenvalue weighted by molar-refractivity contribution is -0.137. The smallest absolute Gasteiger partial charge is 0.372 e. The molecule has 2 aromatic heterocycles. The molecule has 0 radical (unpaired) electrons. The fourth-order valence-electron chi connectivity index (χ4n) is 3.22. The summed E-state index contributed by atoms with van der Waals surface area (Å²) < 4.78 is 41.0. The van der Waals surface area contributed by atoms with E-state index in [1.807, 2.05) is 7.05 Å². The number of benzene rings is 1. The minimum Gasteiger partial charge on any atom is -0.372 e. The molecule has 0 saturated heterocycles. The Hall–Kier alpha value is -3.05. The van der Waals surface area contributed by atoms with Crippen molar-refractivity contribution in [3.8, 4) is 0 Å². The van der Waals surface area contributed by atoms with Crippen LogP contribution in [0, 0.1) is 0 Å². The molecule has 1 amide bonds. The molecule has 3 N–H and O–H groups in total. The highest BCUT2D eigenvalue weighted by Gasteiger charge is 2.35. The third-order valence-electron chi connectivity index (χ3n) is 4.93. The van der Waals surface area contributed by atoms with Crippen LogP contribution in [0.4, 0.5) is 30.6 Å². The molecule has 3 rings (SSSR count). The highest BCUT2D eigenvalue weighted by atomic mass is 35.5. The standard InChI is InChI=1S/C20H23ClF3N7O/c1-25-5-6-30(3)18(32)12-10-31(4)16-8-15(14(21)7-11(12)16)28-19-27-9-13(20(22,23)24)17(26-2)29-19/h7-10,25H,5-6H2,1-4H3,(H2,26,27,28,29). The Morgan fingerprint density at radius 3 is 2.62 bits per heavy atom. The number of anilines is 3. The van der Waals surface area contributed by atoms with E-state index < -0.39 is 11.7 Å². The van der Waals surface area contributed by atoms with E-state index in [9.17, 15) is 18.0 Å². The molecule has 3 aromatic rings. The summed E-state index contributed by atoms with van der Waals surface area (Å²) in [6.07, 6.45) is -2.16. The van der Waals surface area contributed by atoms with Gasteiger partial charge in [-0.2, -0.15) is 18.2 Å². The van der Waals surface area contributed by atoms with E-state index in [0.29, 0.717) is 41.4 Å². The summed E-state index contributed by atoms with van der Waals surface area (Å²) in [5.74, 6) is -0.558. The zero-order chi connectivity index (χ0) is 23.6. The van der Waals surface area contributed by atoms with Gasteiger partial charge >= 0.3 is 6.18 Å². The zero-order valence-electron chi connectivity index (χ0n) is 17.9. The molecule has 32 heavy (non-hydrogen) atoms. The molecule has 172 valence electrons. The number of hydrogen-bond donors (Lipinski definition) is 3. The number of rotatable bonds is 7. The number of amides is 1. The number of hydrogen-bond acceptors (Lipinski definition) is 6. The van der Waals surface area contributed by atoms with Crippen LogP contribution in [-0.2, 0) is 13.2 Å². The monoisotopic (exact) mass is 469 g/mol. The number of carbonyl (C=O) groups excluding carboxylic acids is 1. The van der Waals surface area contributed by atoms with Crippen molar-refractivity contribution in [1.29, 1.82) is 0 Å². The van der Waals surface area contributed by atoms with Crippen molar-refractivity contribution in [2.24, 2.45) is 7.05 Å². The summed E-state index contributed by atoms with van der Waals surface area (Å²) in [6, 6.07) is 3.34. The molecule has 1 aromatic carbocycles. The van der Waals surface area contributed by atoms with Gasteiger partial charge in [0.2, 0.25) is 5.95 Å². The number of carbonyl (C=O) groups is 1. The molecule has 0 atom stereocenters. The van der Waals surface area contributed by atoms with Crippen LogP contribution in [-0.4, -0.2) is 59.6 Å². The van der Waals surface area contributed by atoms with Crippen molar-refractivity contribution in [2.75, 3.05) is 44.9 Å². The fraction of sp³-hybridized carbons (Fsp3) is 0.350. The molecule has 0 aliphatic carbocycles. The molecule has 0 aliphatic heterocycles. The van der Waals surface area contributed by atoms with E-state index in [-0.39, 0.29) is 22.7 Å². The summed E-state index contributed by atoms with van der Waals surface area (Å²) in [7, 11) is 6.66. The van der Waals surface area contributed by atoms with Gasteiger partial charge < -0.3 is 25.4 Å². The van der Waals surface area contributed by atoms with Crippen LogP contribution in [0.5, 0.6) is 0 Å². The number of nitrogens with one attached hydrogen (secondary N) is 3. The van der Waals surface area contributed by atoms with Crippen LogP contribution in [0.25, 0.3) is 10.9 Å². The van der Waals surface area contributed by atoms with Gasteiger partial charge in [0, 0.05) is 52.0 Å². The molecule has 8 nitrogen and oxygen atoms in total. The van der Waals surface area contributed by atoms with E-state index in [0.717, 1.165) is 0 Å². The van der Waals surface area contributed by atoms with E-state index in [4.69, 9.17) is 11.6 Å². The van der Waals surface area contributed by atoms with E-state index in [1.54, 1.807) is 41.9 Å². The maximum atomic E-state index is 13.1. The first-order valence-corrected chi connectivity index (χ1v) is 10.0. The molecule has 2 heterocycles. The van der Waals surface area contributed by atoms with Crippen LogP contribution in [0.15, 0.2) is 24.5 Å². The number of aryl methyl sites for hydroxylation is 1. The second-order valence-electron chi connectivity index (χ2n) is 7.16. The average Bonchev–Trinajstić information content (AvgIpc) is 3.06. The van der Waals surface area contributed by atoms with Gasteiger partial charge in [-0.25, -0.2) is 4.98 Å². The van der Waals surface area contributed by atoms with Gasteiger partial charge in [0.1, 0.15) is 11.4 Å². The minimum atomic E-state index is -4.58. The van der Waals surface area contributed by atoms with Crippen molar-refractivity contribution in [2.45, 2.75) is 6.18 Å². The summed E-state index contributed by atoms with van der Waals surface area (Å²) in [5, 5.41) is 9.21. The predicted octanol–water partition coefficient (Wildman–Crippen LogP) is 3.72. The SMILES string of the molecule is CNCCN(C)C(=O)c1cn(C)c2cc(Nc3ncc(C(F)(F)F)c(NC)n3)c(Cl)cc12. The molecule has 0 unspecified atom stereocenters. The number of aromatic nitrogens is 3. The Kier molecular flexibility index (Phi) is 6.79. The summed E-state index contributed by atoms with van der Waals surface area (Å²) in [6.45, 7) is 1.20. The maximum absolute atomic E-state index is 13.1. The lowest BCUT2D eigenvalue weighted by atomic mass is 10.1. The van der Waals surface area contributed by atoms with Crippen molar-refractivity contribution in [1.82, 2.24) is 24.8 Å². The van der Waals surface area contributed by atoms with Crippen molar-refractivity contribution < 1.29 is 18.0 Å². The number of alkyl halides is 3. The van der Waals surface area contributed by atoms with Gasteiger partial charge in [-0.1, -0.05) is 11.6 Å². The maximum Gasteiger partial charge on any atom is 0.421 e. The van der Waals surface area contributed by atoms with E-state index in [1.165, 1.54) is 7.05 Å². The molecule has 12 heteroatoms. The van der Waals surface area contributed by atoms with Gasteiger partial charge in [-0.15, -0.1) is 0 Å². The summed E-state index contributed by atoms with van der Waals surface area (Å²) >= 11 is 6.42. The quantitative estimate of drug-likeness (QED) is 0.489. The topological polar surface area (TPSA) is 87.1 Å². The largest absolute Gasteiger partial charge is 0.421 e. The minimum absolute atomic E-state index is 0.0547. The number of likely N-dealkylation sites (N-methyl/N-ethyl adjacent to an activating group) is 2. The van der Waals surface area contributed by atoms with Gasteiger partial charge in [0.05, 0.1) is 21.8 Å². The number of nitrogens with zero attached hydrogens (tertiary/aromatic N) is 4. The van der Waals surface area contributed by atoms with Gasteiger partial charge in [0.25, 0.3) is 5.91 Å². The van der Waals surface area contributed by atoms with Crippen LogP contribution in [0.1, 0.15) is 15.9 Å². The molecular formula is C20H23ClF3N7O. The Morgan fingerprint density at radius 2 is 2.00 bits per heavy atom. The lowest BCUT2D eigenvalue weighted by Crippen LogP contribution is -2.32. The lowest BCUT2D eigenvalue weighted by Gasteiger charge is -2.16. The highest BCUT2D eigenvalue weighted by Crippen LogP contribution is 2.35. The molecule has 0 saturated carbocycles. The first-order valence-electron chi connectivity index (χ1n) is 9.64. The Labute approximate surface area is 187 Å².